The fourth-order valence-corrected chi connectivity index (χ4v) is 9.76. The lowest BCUT2D eigenvalue weighted by molar-refractivity contribution is -0.482. The molecule has 0 unspecified atom stereocenters. The summed E-state index contributed by atoms with van der Waals surface area (Å²) >= 11 is 0. The lowest BCUT2D eigenvalue weighted by Crippen LogP contribution is -2.48. The Hall–Kier alpha value is -2.37. The maximum absolute atomic E-state index is 13.2. The Morgan fingerprint density at radius 2 is 1.52 bits per heavy atom. The summed E-state index contributed by atoms with van der Waals surface area (Å²) < 4.78 is 12.3. The summed E-state index contributed by atoms with van der Waals surface area (Å²) in [6.45, 7) is 19.7. The van der Waals surface area contributed by atoms with Crippen molar-refractivity contribution in [3.8, 4) is 0 Å². The average Bonchev–Trinajstić information content (AvgIpc) is 2.67. The van der Waals surface area contributed by atoms with Gasteiger partial charge in [-0.25, -0.2) is 4.79 Å². The van der Waals surface area contributed by atoms with Crippen LogP contribution in [0.4, 0.5) is 0 Å². The number of hydrogen-bond acceptors (Lipinski definition) is 5. The molecule has 0 radical (unpaired) electrons. The monoisotopic (exact) mass is 475 g/mol. The molecular formula is C26H41NO5Si. The molecule has 0 aromatic heterocycles. The smallest absolute Gasteiger partial charge is 0.381 e. The van der Waals surface area contributed by atoms with Gasteiger partial charge in [0.05, 0.1) is 5.92 Å². The molecule has 0 aliphatic carbocycles. The van der Waals surface area contributed by atoms with E-state index < -0.39 is 25.8 Å². The van der Waals surface area contributed by atoms with Gasteiger partial charge >= 0.3 is 5.97 Å². The molecule has 0 saturated heterocycles. The van der Waals surface area contributed by atoms with Crippen molar-refractivity contribution in [1.29, 1.82) is 0 Å². The van der Waals surface area contributed by atoms with Crippen LogP contribution in [0.5, 0.6) is 0 Å². The van der Waals surface area contributed by atoms with Crippen molar-refractivity contribution >= 4 is 14.3 Å². The fourth-order valence-electron chi connectivity index (χ4n) is 4.57. The molecule has 0 bridgehead atoms. The van der Waals surface area contributed by atoms with Crippen molar-refractivity contribution < 1.29 is 18.9 Å². The number of nitrogens with zero attached hydrogens (tertiary/aromatic N) is 1. The van der Waals surface area contributed by atoms with Crippen molar-refractivity contribution in [1.82, 2.24) is 0 Å². The van der Waals surface area contributed by atoms with Gasteiger partial charge in [-0.1, -0.05) is 77.6 Å². The minimum Gasteiger partial charge on any atom is -0.532 e. The molecule has 1 rings (SSSR count). The maximum Gasteiger partial charge on any atom is 0.381 e. The van der Waals surface area contributed by atoms with Gasteiger partial charge in [-0.3, -0.25) is 10.1 Å². The van der Waals surface area contributed by atoms with Crippen LogP contribution in [0.25, 0.3) is 0 Å². The summed E-state index contributed by atoms with van der Waals surface area (Å²) in [6, 6.07) is 9.26. The molecule has 1 aromatic rings. The van der Waals surface area contributed by atoms with Gasteiger partial charge < -0.3 is 9.16 Å². The molecule has 0 aliphatic rings. The molecule has 0 heterocycles. The van der Waals surface area contributed by atoms with Gasteiger partial charge in [-0.15, -0.1) is 0 Å². The first-order chi connectivity index (χ1) is 15.1. The number of hydrogen-bond donors (Lipinski definition) is 0. The van der Waals surface area contributed by atoms with E-state index in [0.29, 0.717) is 5.57 Å². The highest BCUT2D eigenvalue weighted by atomic mass is 28.4. The quantitative estimate of drug-likeness (QED) is 0.0691. The molecule has 0 saturated carbocycles. The summed E-state index contributed by atoms with van der Waals surface area (Å²) in [5.41, 5.74) is 4.49. The van der Waals surface area contributed by atoms with Gasteiger partial charge in [0.15, 0.2) is 0 Å². The Morgan fingerprint density at radius 1 is 1.03 bits per heavy atom. The van der Waals surface area contributed by atoms with Crippen LogP contribution >= 0.6 is 0 Å². The first-order valence-electron chi connectivity index (χ1n) is 11.7. The number of nitro groups is 1. The molecule has 7 heteroatoms. The Labute approximate surface area is 200 Å². The first-order valence-corrected chi connectivity index (χ1v) is 13.8. The molecule has 0 amide bonds. The highest BCUT2D eigenvalue weighted by molar-refractivity contribution is 6.78. The molecule has 0 N–H and O–H groups in total. The summed E-state index contributed by atoms with van der Waals surface area (Å²) in [4.78, 5) is 24.3. The zero-order valence-electron chi connectivity index (χ0n) is 21.9. The summed E-state index contributed by atoms with van der Waals surface area (Å²) in [7, 11) is -2.49. The average molecular weight is 476 g/mol. The maximum atomic E-state index is 13.2. The third-order valence-electron chi connectivity index (χ3n) is 5.94. The van der Waals surface area contributed by atoms with E-state index in [-0.39, 0.29) is 33.9 Å². The standard InChI is InChI=1S/C26H41NO5Si/c1-18(2)33(19(3)4,20(5)6)32-24(25(28)31-26(8,9)10)16-21(7)23(17-27(29)30)22-14-12-11-13-15-22/h11-15,18-20,23H,17H2,1-10H3/t16?,23-/m0/s1. The SMILES string of the molecule is CC(=C=C(O[Si](C(C)C)(C(C)C)C(C)C)C(=O)OC(C)(C)C)[C@H](C[N+](=O)[O-])c1ccccc1. The van der Waals surface area contributed by atoms with Crippen LogP contribution in [-0.4, -0.2) is 31.4 Å². The van der Waals surface area contributed by atoms with Gasteiger partial charge in [-0.05, 0) is 55.5 Å². The zero-order chi connectivity index (χ0) is 25.6. The molecular weight excluding hydrogens is 434 g/mol. The zero-order valence-corrected chi connectivity index (χ0v) is 22.9. The first kappa shape index (κ1) is 28.7. The number of carbonyl (C=O) groups is 1. The van der Waals surface area contributed by atoms with E-state index in [4.69, 9.17) is 9.16 Å². The van der Waals surface area contributed by atoms with E-state index in [1.807, 2.05) is 30.3 Å². The van der Waals surface area contributed by atoms with E-state index in [2.05, 4.69) is 47.3 Å². The number of ether oxygens (including phenoxy) is 1. The predicted octanol–water partition coefficient (Wildman–Crippen LogP) is 7.01. The van der Waals surface area contributed by atoms with Crippen LogP contribution in [0.15, 0.2) is 47.4 Å². The van der Waals surface area contributed by atoms with Crippen LogP contribution in [0, 0.1) is 10.1 Å². The highest BCUT2D eigenvalue weighted by Crippen LogP contribution is 2.43. The van der Waals surface area contributed by atoms with E-state index in [1.165, 1.54) is 0 Å². The molecule has 6 nitrogen and oxygen atoms in total. The van der Waals surface area contributed by atoms with Crippen LogP contribution < -0.4 is 0 Å². The normalized spacial score (nSPS) is 13.0. The highest BCUT2D eigenvalue weighted by Gasteiger charge is 2.48. The van der Waals surface area contributed by atoms with Gasteiger partial charge in [0.25, 0.3) is 8.32 Å². The largest absolute Gasteiger partial charge is 0.532 e. The Morgan fingerprint density at radius 3 is 1.91 bits per heavy atom. The number of esters is 1. The van der Waals surface area contributed by atoms with Crippen molar-refractivity contribution in [2.75, 3.05) is 6.54 Å². The lowest BCUT2D eigenvalue weighted by Gasteiger charge is -2.42. The Kier molecular flexibility index (Phi) is 10.1. The molecule has 33 heavy (non-hydrogen) atoms. The summed E-state index contributed by atoms with van der Waals surface area (Å²) in [5.74, 6) is -1.10. The summed E-state index contributed by atoms with van der Waals surface area (Å²) in [6.07, 6.45) is 0. The second-order valence-corrected chi connectivity index (χ2v) is 15.9. The van der Waals surface area contributed by atoms with Crippen molar-refractivity contribution in [3.05, 3.63) is 63.1 Å². The molecule has 0 spiro atoms. The minimum atomic E-state index is -2.49. The number of rotatable bonds is 10. The third-order valence-corrected chi connectivity index (χ3v) is 11.9. The number of carbonyl (C=O) groups excluding carboxylic acids is 1. The van der Waals surface area contributed by atoms with E-state index in [1.54, 1.807) is 27.7 Å². The molecule has 0 fully saturated rings. The second-order valence-electron chi connectivity index (χ2n) is 10.5. The predicted molar refractivity (Wildman–Crippen MR) is 135 cm³/mol. The van der Waals surface area contributed by atoms with Crippen molar-refractivity contribution in [2.45, 2.75) is 97.4 Å². The van der Waals surface area contributed by atoms with Gasteiger partial charge in [-0.2, -0.15) is 0 Å². The van der Waals surface area contributed by atoms with Crippen LogP contribution in [0.3, 0.4) is 0 Å². The number of benzene rings is 1. The van der Waals surface area contributed by atoms with Crippen molar-refractivity contribution in [3.63, 3.8) is 0 Å². The molecule has 1 atom stereocenters. The van der Waals surface area contributed by atoms with Crippen LogP contribution in [0.1, 0.15) is 80.7 Å². The molecule has 1 aromatic carbocycles. The van der Waals surface area contributed by atoms with E-state index >= 15 is 0 Å². The summed E-state index contributed by atoms with van der Waals surface area (Å²) in [5, 5.41) is 11.4. The van der Waals surface area contributed by atoms with Gasteiger partial charge in [0.2, 0.25) is 12.3 Å². The molecule has 0 aliphatic heterocycles. The van der Waals surface area contributed by atoms with Crippen LogP contribution in [-0.2, 0) is 14.0 Å². The minimum absolute atomic E-state index is 0.0227. The van der Waals surface area contributed by atoms with Crippen LogP contribution in [0.2, 0.25) is 16.6 Å². The van der Waals surface area contributed by atoms with Crippen molar-refractivity contribution in [2.24, 2.45) is 0 Å². The third kappa shape index (κ3) is 7.86. The molecule has 184 valence electrons. The lowest BCUT2D eigenvalue weighted by atomic mass is 9.92. The van der Waals surface area contributed by atoms with Gasteiger partial charge in [0, 0.05) is 4.92 Å². The fraction of sp³-hybridized carbons (Fsp3) is 0.615. The van der Waals surface area contributed by atoms with E-state index in [0.717, 1.165) is 5.56 Å². The Balaban J connectivity index is 3.76. The van der Waals surface area contributed by atoms with E-state index in [9.17, 15) is 14.9 Å². The second kappa shape index (κ2) is 11.7. The Bertz CT molecular complexity index is 856. The van der Waals surface area contributed by atoms with Gasteiger partial charge in [0.1, 0.15) is 5.60 Å². The topological polar surface area (TPSA) is 78.7 Å².